The first-order chi connectivity index (χ1) is 21.2. The minimum absolute atomic E-state index is 0.00754. The maximum atomic E-state index is 13.6. The van der Waals surface area contributed by atoms with Gasteiger partial charge in [-0.3, -0.25) is 24.0 Å². The number of nitrogens with zero attached hydrogens (tertiary/aromatic N) is 3. The van der Waals surface area contributed by atoms with Crippen molar-refractivity contribution in [2.24, 2.45) is 0 Å². The Kier molecular flexibility index (Phi) is 7.64. The number of aromatic nitrogens is 3. The minimum atomic E-state index is -1.02. The summed E-state index contributed by atoms with van der Waals surface area (Å²) in [5, 5.41) is 19.0. The third kappa shape index (κ3) is 5.65. The van der Waals surface area contributed by atoms with Gasteiger partial charge in [0, 0.05) is 42.6 Å². The van der Waals surface area contributed by atoms with Crippen LogP contribution in [0, 0.1) is 6.92 Å². The molecule has 12 heteroatoms. The van der Waals surface area contributed by atoms with Crippen molar-refractivity contribution in [1.82, 2.24) is 25.2 Å². The molecule has 2 aliphatic rings. The van der Waals surface area contributed by atoms with Crippen LogP contribution in [0.1, 0.15) is 84.5 Å². The fraction of sp³-hybridized carbons (Fsp3) is 0.281. The number of carboxylic acids is 1. The van der Waals surface area contributed by atoms with Crippen molar-refractivity contribution in [1.29, 1.82) is 0 Å². The summed E-state index contributed by atoms with van der Waals surface area (Å²) in [6.45, 7) is 2.09. The van der Waals surface area contributed by atoms with E-state index in [2.05, 4.69) is 20.7 Å². The number of rotatable bonds is 9. The molecule has 2 aromatic carbocycles. The van der Waals surface area contributed by atoms with Crippen LogP contribution < -0.4 is 15.4 Å². The van der Waals surface area contributed by atoms with Crippen LogP contribution >= 0.6 is 0 Å². The second-order valence-electron chi connectivity index (χ2n) is 10.9. The topological polar surface area (TPSA) is 169 Å². The average molecular weight is 596 g/mol. The van der Waals surface area contributed by atoms with Gasteiger partial charge in [0.05, 0.1) is 18.7 Å². The van der Waals surface area contributed by atoms with Crippen LogP contribution in [0.3, 0.4) is 0 Å². The second kappa shape index (κ2) is 11.7. The number of ether oxygens (including phenoxy) is 1. The average Bonchev–Trinajstić information content (AvgIpc) is 3.65. The molecule has 224 valence electrons. The van der Waals surface area contributed by atoms with Gasteiger partial charge in [-0.2, -0.15) is 5.10 Å². The summed E-state index contributed by atoms with van der Waals surface area (Å²) >= 11 is 0. The fourth-order valence-corrected chi connectivity index (χ4v) is 5.83. The number of carbonyl (C=O) groups is 5. The molecule has 0 saturated heterocycles. The summed E-state index contributed by atoms with van der Waals surface area (Å²) in [5.74, 6) is -1.51. The van der Waals surface area contributed by atoms with Gasteiger partial charge in [-0.15, -0.1) is 0 Å². The molecule has 44 heavy (non-hydrogen) atoms. The van der Waals surface area contributed by atoms with E-state index in [9.17, 15) is 24.0 Å². The number of ketones is 2. The van der Waals surface area contributed by atoms with Crippen molar-refractivity contribution in [2.45, 2.75) is 51.6 Å². The number of carboxylic acid groups (broad SMARTS) is 1. The van der Waals surface area contributed by atoms with Gasteiger partial charge in [-0.1, -0.05) is 18.2 Å². The number of nitrogens with one attached hydrogen (secondary N) is 2. The molecule has 0 unspecified atom stereocenters. The first-order valence-corrected chi connectivity index (χ1v) is 14.3. The molecule has 4 aromatic rings. The zero-order valence-electron chi connectivity index (χ0n) is 23.9. The fourth-order valence-electron chi connectivity index (χ4n) is 5.83. The Labute approximate surface area is 251 Å². The van der Waals surface area contributed by atoms with Gasteiger partial charge < -0.3 is 20.5 Å². The lowest BCUT2D eigenvalue weighted by Crippen LogP contribution is -2.30. The van der Waals surface area contributed by atoms with Crippen molar-refractivity contribution >= 4 is 35.0 Å². The molecule has 6 rings (SSSR count). The number of amides is 2. The van der Waals surface area contributed by atoms with E-state index >= 15 is 0 Å². The highest BCUT2D eigenvalue weighted by Crippen LogP contribution is 2.35. The quantitative estimate of drug-likeness (QED) is 0.246. The molecule has 0 bridgehead atoms. The summed E-state index contributed by atoms with van der Waals surface area (Å²) in [7, 11) is 0. The Bertz CT molecular complexity index is 1860. The number of aliphatic carboxylic acids is 1. The lowest BCUT2D eigenvalue weighted by atomic mass is 9.94. The summed E-state index contributed by atoms with van der Waals surface area (Å²) in [6, 6.07) is 11.6. The third-order valence-electron chi connectivity index (χ3n) is 8.04. The zero-order valence-corrected chi connectivity index (χ0v) is 23.9. The Morgan fingerprint density at radius 3 is 2.73 bits per heavy atom. The van der Waals surface area contributed by atoms with Crippen LogP contribution in [0.2, 0.25) is 0 Å². The molecule has 0 spiro atoms. The molecule has 1 aliphatic heterocycles. The van der Waals surface area contributed by atoms with E-state index < -0.39 is 17.8 Å². The molecule has 12 nitrogen and oxygen atoms in total. The zero-order chi connectivity index (χ0) is 31.0. The smallest absolute Gasteiger partial charge is 0.303 e. The Morgan fingerprint density at radius 2 is 1.91 bits per heavy atom. The second-order valence-corrected chi connectivity index (χ2v) is 10.9. The monoisotopic (exact) mass is 595 g/mol. The summed E-state index contributed by atoms with van der Waals surface area (Å²) in [5.41, 5.74) is 5.24. The number of fused-ring (bicyclic) bond motifs is 3. The molecule has 3 N–H and O–H groups in total. The van der Waals surface area contributed by atoms with Gasteiger partial charge in [0.1, 0.15) is 23.7 Å². The largest absolute Gasteiger partial charge is 0.486 e. The highest BCUT2D eigenvalue weighted by Gasteiger charge is 2.29. The Balaban J connectivity index is 1.18. The van der Waals surface area contributed by atoms with Crippen molar-refractivity contribution < 1.29 is 33.8 Å². The normalized spacial score (nSPS) is 15.3. The third-order valence-corrected chi connectivity index (χ3v) is 8.04. The lowest BCUT2D eigenvalue weighted by Gasteiger charge is -2.17. The molecular weight excluding hydrogens is 566 g/mol. The highest BCUT2D eigenvalue weighted by atomic mass is 16.5. The van der Waals surface area contributed by atoms with E-state index in [0.29, 0.717) is 29.8 Å². The van der Waals surface area contributed by atoms with Crippen molar-refractivity contribution in [3.8, 4) is 5.75 Å². The maximum Gasteiger partial charge on any atom is 0.303 e. The molecule has 3 heterocycles. The van der Waals surface area contributed by atoms with E-state index in [-0.39, 0.29) is 61.4 Å². The molecule has 0 radical (unpaired) electrons. The van der Waals surface area contributed by atoms with E-state index in [4.69, 9.17) is 9.84 Å². The summed E-state index contributed by atoms with van der Waals surface area (Å²) in [6.07, 6.45) is 2.74. The first kappa shape index (κ1) is 28.7. The summed E-state index contributed by atoms with van der Waals surface area (Å²) in [4.78, 5) is 66.3. The molecular formula is C32H29N5O7. The standard InChI is InChI=1S/C32H29N5O7/c1-17-21-5-6-24(23(21)4-3-22(17)27(39)7-9-30(40)41)36-32(43)26-14-25(35-29-10-11-34-37(26)29)31(42)33-15-18-2-8-28-19(12-18)13-20(38)16-44-28/h2-4,8,10-12,14,24H,5-7,9,13,15-16H2,1H3,(H,33,42)(H,36,43)(H,40,41)/t24-/m0/s1. The van der Waals surface area contributed by atoms with E-state index in [1.54, 1.807) is 18.2 Å². The van der Waals surface area contributed by atoms with E-state index in [1.807, 2.05) is 25.1 Å². The van der Waals surface area contributed by atoms with Crippen LogP contribution in [-0.2, 0) is 29.0 Å². The van der Waals surface area contributed by atoms with Crippen LogP contribution in [0.5, 0.6) is 5.75 Å². The number of carbonyl (C=O) groups excluding carboxylic acids is 4. The highest BCUT2D eigenvalue weighted by molar-refractivity contribution is 6.00. The summed E-state index contributed by atoms with van der Waals surface area (Å²) < 4.78 is 6.81. The van der Waals surface area contributed by atoms with Gasteiger partial charge in [0.25, 0.3) is 11.8 Å². The predicted octanol–water partition coefficient (Wildman–Crippen LogP) is 2.94. The van der Waals surface area contributed by atoms with Gasteiger partial charge in [-0.05, 0) is 54.2 Å². The molecule has 2 amide bonds. The van der Waals surface area contributed by atoms with Crippen LogP contribution in [0.4, 0.5) is 0 Å². The molecule has 2 aromatic heterocycles. The van der Waals surface area contributed by atoms with Gasteiger partial charge in [0.2, 0.25) is 0 Å². The Morgan fingerprint density at radius 1 is 1.07 bits per heavy atom. The molecule has 1 aliphatic carbocycles. The van der Waals surface area contributed by atoms with Crippen LogP contribution in [-0.4, -0.2) is 55.7 Å². The predicted molar refractivity (Wildman–Crippen MR) is 156 cm³/mol. The SMILES string of the molecule is Cc1c(C(=O)CCC(=O)O)ccc2c1CC[C@@H]2NC(=O)c1cc(C(=O)NCc2ccc3c(c2)CC(=O)CO3)nc2ccnn12. The maximum absolute atomic E-state index is 13.6. The van der Waals surface area contributed by atoms with Crippen molar-refractivity contribution in [2.75, 3.05) is 6.61 Å². The van der Waals surface area contributed by atoms with Gasteiger partial charge in [0.15, 0.2) is 17.2 Å². The molecule has 1 atom stereocenters. The minimum Gasteiger partial charge on any atom is -0.486 e. The van der Waals surface area contributed by atoms with Crippen molar-refractivity contribution in [3.63, 3.8) is 0 Å². The molecule has 0 fully saturated rings. The van der Waals surface area contributed by atoms with Crippen molar-refractivity contribution in [3.05, 3.63) is 93.4 Å². The van der Waals surface area contributed by atoms with Crippen LogP contribution in [0.15, 0.2) is 48.7 Å². The first-order valence-electron chi connectivity index (χ1n) is 14.3. The van der Waals surface area contributed by atoms with E-state index in [0.717, 1.165) is 27.8 Å². The number of Topliss-reactive ketones (excluding diaryl/α,β-unsaturated/α-hetero) is 2. The van der Waals surface area contributed by atoms with Gasteiger partial charge >= 0.3 is 5.97 Å². The number of benzene rings is 2. The molecule has 0 saturated carbocycles. The number of hydrogen-bond acceptors (Lipinski definition) is 8. The Hall–Kier alpha value is -5.39. The number of hydrogen-bond donors (Lipinski definition) is 3. The van der Waals surface area contributed by atoms with Gasteiger partial charge in [-0.25, -0.2) is 9.50 Å². The van der Waals surface area contributed by atoms with Crippen LogP contribution in [0.25, 0.3) is 5.65 Å². The lowest BCUT2D eigenvalue weighted by molar-refractivity contribution is -0.137. The van der Waals surface area contributed by atoms with E-state index in [1.165, 1.54) is 16.8 Å².